The monoisotopic (exact) mass is 288 g/mol. The average molecular weight is 288 g/mol. The van der Waals surface area contributed by atoms with Gasteiger partial charge in [-0.15, -0.1) is 0 Å². The van der Waals surface area contributed by atoms with Crippen molar-refractivity contribution in [2.24, 2.45) is 7.05 Å². The number of benzene rings is 1. The molecule has 1 saturated heterocycles. The van der Waals surface area contributed by atoms with Crippen LogP contribution in [-0.4, -0.2) is 61.0 Å². The first-order valence-electron chi connectivity index (χ1n) is 7.08. The van der Waals surface area contributed by atoms with Crippen LogP contribution in [-0.2, 0) is 11.8 Å². The SMILES string of the molecule is COC(=O)c1ccc(N2CCN(C)CC2)c2cn(C)nc12. The maximum absolute atomic E-state index is 11.9. The molecule has 2 heterocycles. The van der Waals surface area contributed by atoms with Crippen LogP contribution in [0, 0.1) is 0 Å². The molecule has 2 aromatic rings. The molecule has 0 radical (unpaired) electrons. The first kappa shape index (κ1) is 13.9. The number of nitrogens with zero attached hydrogens (tertiary/aromatic N) is 4. The van der Waals surface area contributed by atoms with Crippen molar-refractivity contribution in [3.8, 4) is 0 Å². The maximum atomic E-state index is 11.9. The Morgan fingerprint density at radius 1 is 1.19 bits per heavy atom. The lowest BCUT2D eigenvalue weighted by atomic mass is 10.1. The van der Waals surface area contributed by atoms with Crippen LogP contribution in [0.25, 0.3) is 10.9 Å². The van der Waals surface area contributed by atoms with Crippen LogP contribution in [0.5, 0.6) is 0 Å². The lowest BCUT2D eigenvalue weighted by Gasteiger charge is -2.34. The molecule has 112 valence electrons. The summed E-state index contributed by atoms with van der Waals surface area (Å²) in [5.41, 5.74) is 2.37. The van der Waals surface area contributed by atoms with Gasteiger partial charge in [0.1, 0.15) is 5.52 Å². The molecule has 0 atom stereocenters. The van der Waals surface area contributed by atoms with Crippen LogP contribution in [0.3, 0.4) is 0 Å². The Balaban J connectivity index is 2.06. The molecule has 0 aliphatic carbocycles. The number of anilines is 1. The largest absolute Gasteiger partial charge is 0.465 e. The number of aromatic nitrogens is 2. The number of methoxy groups -OCH3 is 1. The number of fused-ring (bicyclic) bond motifs is 1. The fourth-order valence-corrected chi connectivity index (χ4v) is 2.80. The standard InChI is InChI=1S/C15H20N4O2/c1-17-6-8-19(9-7-17)13-5-4-11(15(20)21-3)14-12(13)10-18(2)16-14/h4-5,10H,6-9H2,1-3H3. The van der Waals surface area contributed by atoms with Crippen LogP contribution in [0.15, 0.2) is 18.3 Å². The highest BCUT2D eigenvalue weighted by Gasteiger charge is 2.21. The maximum Gasteiger partial charge on any atom is 0.340 e. The molecule has 3 rings (SSSR count). The van der Waals surface area contributed by atoms with E-state index in [4.69, 9.17) is 4.74 Å². The van der Waals surface area contributed by atoms with Crippen molar-refractivity contribution in [2.75, 3.05) is 45.2 Å². The van der Waals surface area contributed by atoms with Crippen LogP contribution in [0.4, 0.5) is 5.69 Å². The fraction of sp³-hybridized carbons (Fsp3) is 0.467. The summed E-state index contributed by atoms with van der Waals surface area (Å²) >= 11 is 0. The second-order valence-electron chi connectivity index (χ2n) is 5.48. The number of piperazine rings is 1. The lowest BCUT2D eigenvalue weighted by Crippen LogP contribution is -2.44. The van der Waals surface area contributed by atoms with Crippen LogP contribution >= 0.6 is 0 Å². The molecule has 0 N–H and O–H groups in total. The summed E-state index contributed by atoms with van der Waals surface area (Å²) in [5.74, 6) is -0.344. The zero-order chi connectivity index (χ0) is 15.0. The summed E-state index contributed by atoms with van der Waals surface area (Å²) < 4.78 is 6.59. The average Bonchev–Trinajstić information content (AvgIpc) is 2.87. The number of rotatable bonds is 2. The topological polar surface area (TPSA) is 50.6 Å². The van der Waals surface area contributed by atoms with Crippen molar-refractivity contribution < 1.29 is 9.53 Å². The van der Waals surface area contributed by atoms with E-state index in [1.807, 2.05) is 25.4 Å². The molecular weight excluding hydrogens is 268 g/mol. The van der Waals surface area contributed by atoms with Gasteiger partial charge in [0.15, 0.2) is 0 Å². The third-order valence-electron chi connectivity index (χ3n) is 4.02. The van der Waals surface area contributed by atoms with Crippen molar-refractivity contribution in [3.05, 3.63) is 23.9 Å². The zero-order valence-electron chi connectivity index (χ0n) is 12.7. The highest BCUT2D eigenvalue weighted by Crippen LogP contribution is 2.29. The lowest BCUT2D eigenvalue weighted by molar-refractivity contribution is 0.0603. The summed E-state index contributed by atoms with van der Waals surface area (Å²) in [5, 5.41) is 5.44. The summed E-state index contributed by atoms with van der Waals surface area (Å²) in [4.78, 5) is 16.5. The van der Waals surface area contributed by atoms with Gasteiger partial charge in [-0.1, -0.05) is 0 Å². The number of carbonyl (C=O) groups is 1. The van der Waals surface area contributed by atoms with Crippen molar-refractivity contribution in [1.29, 1.82) is 0 Å². The predicted molar refractivity (Wildman–Crippen MR) is 81.8 cm³/mol. The zero-order valence-corrected chi connectivity index (χ0v) is 12.7. The van der Waals surface area contributed by atoms with Gasteiger partial charge >= 0.3 is 5.97 Å². The Labute approximate surface area is 123 Å². The smallest absolute Gasteiger partial charge is 0.340 e. The predicted octanol–water partition coefficient (Wildman–Crippen LogP) is 1.11. The van der Waals surface area contributed by atoms with E-state index in [9.17, 15) is 4.79 Å². The number of hydrogen-bond donors (Lipinski definition) is 0. The van der Waals surface area contributed by atoms with E-state index in [0.717, 1.165) is 37.3 Å². The first-order valence-corrected chi connectivity index (χ1v) is 7.08. The van der Waals surface area contributed by atoms with Gasteiger partial charge in [-0.3, -0.25) is 4.68 Å². The molecule has 0 amide bonds. The Bertz CT molecular complexity index is 672. The molecule has 1 aromatic heterocycles. The molecule has 6 heteroatoms. The highest BCUT2D eigenvalue weighted by atomic mass is 16.5. The Morgan fingerprint density at radius 2 is 1.90 bits per heavy atom. The molecular formula is C15H20N4O2. The van der Waals surface area contributed by atoms with E-state index in [1.54, 1.807) is 4.68 Å². The van der Waals surface area contributed by atoms with Gasteiger partial charge in [-0.2, -0.15) is 5.10 Å². The number of aryl methyl sites for hydroxylation is 1. The van der Waals surface area contributed by atoms with Gasteiger partial charge in [0.2, 0.25) is 0 Å². The minimum Gasteiger partial charge on any atom is -0.465 e. The van der Waals surface area contributed by atoms with Gasteiger partial charge in [-0.05, 0) is 19.2 Å². The summed E-state index contributed by atoms with van der Waals surface area (Å²) in [6, 6.07) is 3.82. The molecule has 1 aliphatic rings. The van der Waals surface area contributed by atoms with Gasteiger partial charge in [-0.25, -0.2) is 4.79 Å². The molecule has 1 fully saturated rings. The van der Waals surface area contributed by atoms with E-state index in [2.05, 4.69) is 21.9 Å². The molecule has 0 bridgehead atoms. The van der Waals surface area contributed by atoms with Gasteiger partial charge < -0.3 is 14.5 Å². The normalized spacial score (nSPS) is 16.4. The van der Waals surface area contributed by atoms with Gasteiger partial charge in [0.25, 0.3) is 0 Å². The minimum atomic E-state index is -0.344. The molecule has 6 nitrogen and oxygen atoms in total. The Morgan fingerprint density at radius 3 is 2.57 bits per heavy atom. The first-order chi connectivity index (χ1) is 10.1. The Kier molecular flexibility index (Phi) is 3.55. The number of carbonyl (C=O) groups excluding carboxylic acids is 1. The van der Waals surface area contributed by atoms with E-state index in [0.29, 0.717) is 11.1 Å². The van der Waals surface area contributed by atoms with Crippen LogP contribution in [0.1, 0.15) is 10.4 Å². The van der Waals surface area contributed by atoms with Crippen LogP contribution in [0.2, 0.25) is 0 Å². The van der Waals surface area contributed by atoms with Crippen molar-refractivity contribution in [2.45, 2.75) is 0 Å². The van der Waals surface area contributed by atoms with E-state index >= 15 is 0 Å². The van der Waals surface area contributed by atoms with Gasteiger partial charge in [0, 0.05) is 50.5 Å². The quantitative estimate of drug-likeness (QED) is 0.775. The third kappa shape index (κ3) is 2.47. The number of likely N-dealkylation sites (N-methyl/N-ethyl adjacent to an activating group) is 1. The summed E-state index contributed by atoms with van der Waals surface area (Å²) in [7, 11) is 5.40. The second kappa shape index (κ2) is 5.37. The molecule has 0 saturated carbocycles. The van der Waals surface area contributed by atoms with Crippen molar-refractivity contribution in [1.82, 2.24) is 14.7 Å². The Hall–Kier alpha value is -2.08. The second-order valence-corrected chi connectivity index (χ2v) is 5.48. The van der Waals surface area contributed by atoms with E-state index < -0.39 is 0 Å². The molecule has 1 aliphatic heterocycles. The number of esters is 1. The molecule has 21 heavy (non-hydrogen) atoms. The van der Waals surface area contributed by atoms with Crippen molar-refractivity contribution in [3.63, 3.8) is 0 Å². The molecule has 1 aromatic carbocycles. The highest BCUT2D eigenvalue weighted by molar-refractivity contribution is 6.06. The van der Waals surface area contributed by atoms with Gasteiger partial charge in [0.05, 0.1) is 12.7 Å². The van der Waals surface area contributed by atoms with Crippen LogP contribution < -0.4 is 4.90 Å². The summed E-state index contributed by atoms with van der Waals surface area (Å²) in [6.45, 7) is 4.05. The van der Waals surface area contributed by atoms with E-state index in [1.165, 1.54) is 7.11 Å². The molecule has 0 spiro atoms. The third-order valence-corrected chi connectivity index (χ3v) is 4.02. The minimum absolute atomic E-state index is 0.344. The fourth-order valence-electron chi connectivity index (χ4n) is 2.80. The number of hydrogen-bond acceptors (Lipinski definition) is 5. The number of ether oxygens (including phenoxy) is 1. The summed E-state index contributed by atoms with van der Waals surface area (Å²) in [6.07, 6.45) is 1.97. The van der Waals surface area contributed by atoms with E-state index in [-0.39, 0.29) is 5.97 Å². The molecule has 0 unspecified atom stereocenters. The van der Waals surface area contributed by atoms with Crippen molar-refractivity contribution >= 4 is 22.6 Å².